The Morgan fingerprint density at radius 3 is 2.55 bits per heavy atom. The fraction of sp³-hybridized carbons (Fsp3) is 0.182. The van der Waals surface area contributed by atoms with Gasteiger partial charge < -0.3 is 21.5 Å². The monoisotopic (exact) mass is 411 g/mol. The summed E-state index contributed by atoms with van der Waals surface area (Å²) < 4.78 is 0.885. The van der Waals surface area contributed by atoms with Crippen LogP contribution in [-0.2, 0) is 9.59 Å². The van der Waals surface area contributed by atoms with Crippen LogP contribution in [0.25, 0.3) is 0 Å². The molecule has 1 aromatic carbocycles. The molecule has 1 rings (SSSR count). The van der Waals surface area contributed by atoms with Gasteiger partial charge in [-0.1, -0.05) is 11.6 Å². The van der Waals surface area contributed by atoms with E-state index in [2.05, 4.69) is 33.2 Å². The molecule has 0 spiro atoms. The average Bonchev–Trinajstić information content (AvgIpc) is 2.31. The van der Waals surface area contributed by atoms with Crippen LogP contribution in [-0.4, -0.2) is 29.1 Å². The maximum Gasteiger partial charge on any atom is 0.326 e. The molecular weight excluding hydrogens is 400 g/mol. The fourth-order valence-electron chi connectivity index (χ4n) is 1.31. The number of amides is 3. The molecule has 0 aliphatic heterocycles. The number of nitrogens with two attached hydrogens (primary N) is 1. The number of anilines is 1. The van der Waals surface area contributed by atoms with Crippen LogP contribution in [0.1, 0.15) is 6.42 Å². The number of urea groups is 1. The fourth-order valence-corrected chi connectivity index (χ4v) is 2.21. The number of hydrogen-bond donors (Lipinski definition) is 4. The minimum absolute atomic E-state index is 0.314. The molecule has 5 N–H and O–H groups in total. The van der Waals surface area contributed by atoms with E-state index in [1.165, 1.54) is 0 Å². The number of carboxylic acids is 1. The molecule has 0 aliphatic rings. The molecule has 0 unspecified atom stereocenters. The molecule has 20 heavy (non-hydrogen) atoms. The second-order valence-electron chi connectivity index (χ2n) is 3.78. The number of primary amides is 1. The lowest BCUT2D eigenvalue weighted by molar-refractivity contribution is -0.140. The van der Waals surface area contributed by atoms with Gasteiger partial charge in [0.25, 0.3) is 0 Å². The van der Waals surface area contributed by atoms with Crippen molar-refractivity contribution in [2.75, 3.05) is 5.32 Å². The van der Waals surface area contributed by atoms with Crippen LogP contribution < -0.4 is 16.4 Å². The molecule has 0 bridgehead atoms. The molecule has 0 fully saturated rings. The third kappa shape index (κ3) is 5.21. The summed E-state index contributed by atoms with van der Waals surface area (Å²) in [7, 11) is 0. The molecule has 0 saturated carbocycles. The van der Waals surface area contributed by atoms with Crippen LogP contribution in [0, 0.1) is 3.57 Å². The molecule has 0 aliphatic carbocycles. The van der Waals surface area contributed by atoms with Crippen LogP contribution in [0.2, 0.25) is 5.02 Å². The van der Waals surface area contributed by atoms with Crippen molar-refractivity contribution in [1.82, 2.24) is 5.32 Å². The van der Waals surface area contributed by atoms with E-state index in [0.29, 0.717) is 10.7 Å². The lowest BCUT2D eigenvalue weighted by atomic mass is 10.2. The zero-order chi connectivity index (χ0) is 15.3. The standard InChI is InChI=1S/C11H11ClIN3O4/c12-6-3-5(13)1-2-7(6)15-11(20)16-8(10(18)19)4-9(14)17/h1-3,8H,4H2,(H2,14,17)(H,18,19)(H2,15,16,20)/t8-/m0/s1. The highest BCUT2D eigenvalue weighted by atomic mass is 127. The maximum atomic E-state index is 11.6. The van der Waals surface area contributed by atoms with Crippen molar-refractivity contribution in [3.63, 3.8) is 0 Å². The van der Waals surface area contributed by atoms with E-state index in [4.69, 9.17) is 22.4 Å². The van der Waals surface area contributed by atoms with Crippen molar-refractivity contribution >= 4 is 57.8 Å². The first-order valence-electron chi connectivity index (χ1n) is 5.33. The number of nitrogens with one attached hydrogen (secondary N) is 2. The van der Waals surface area contributed by atoms with Gasteiger partial charge in [0.1, 0.15) is 6.04 Å². The molecule has 108 valence electrons. The molecule has 0 radical (unpaired) electrons. The third-order valence-corrected chi connectivity index (χ3v) is 3.17. The Morgan fingerprint density at radius 1 is 1.40 bits per heavy atom. The summed E-state index contributed by atoms with van der Waals surface area (Å²) in [5.74, 6) is -2.18. The summed E-state index contributed by atoms with van der Waals surface area (Å²) in [4.78, 5) is 33.2. The second-order valence-corrected chi connectivity index (χ2v) is 5.44. The highest BCUT2D eigenvalue weighted by Gasteiger charge is 2.22. The molecule has 1 atom stereocenters. The van der Waals surface area contributed by atoms with Gasteiger partial charge in [-0.15, -0.1) is 0 Å². The summed E-state index contributed by atoms with van der Waals surface area (Å²) in [6.45, 7) is 0. The van der Waals surface area contributed by atoms with Gasteiger partial charge in [0, 0.05) is 3.57 Å². The Balaban J connectivity index is 2.70. The van der Waals surface area contributed by atoms with E-state index < -0.39 is 30.4 Å². The molecule has 9 heteroatoms. The lowest BCUT2D eigenvalue weighted by Crippen LogP contribution is -2.45. The van der Waals surface area contributed by atoms with Gasteiger partial charge in [-0.2, -0.15) is 0 Å². The van der Waals surface area contributed by atoms with Crippen molar-refractivity contribution in [2.24, 2.45) is 5.73 Å². The Bertz CT molecular complexity index is 552. The maximum absolute atomic E-state index is 11.6. The number of carbonyl (C=O) groups excluding carboxylic acids is 2. The van der Waals surface area contributed by atoms with Gasteiger partial charge in [-0.3, -0.25) is 4.79 Å². The highest BCUT2D eigenvalue weighted by molar-refractivity contribution is 14.1. The predicted molar refractivity (Wildman–Crippen MR) is 81.6 cm³/mol. The predicted octanol–water partition coefficient (Wildman–Crippen LogP) is 1.39. The van der Waals surface area contributed by atoms with Crippen molar-refractivity contribution in [3.05, 3.63) is 26.8 Å². The molecule has 0 aromatic heterocycles. The number of halogens is 2. The van der Waals surface area contributed by atoms with E-state index in [-0.39, 0.29) is 0 Å². The topological polar surface area (TPSA) is 122 Å². The molecule has 3 amide bonds. The molecule has 0 heterocycles. The zero-order valence-corrected chi connectivity index (χ0v) is 12.9. The highest BCUT2D eigenvalue weighted by Crippen LogP contribution is 2.23. The molecule has 7 nitrogen and oxygen atoms in total. The van der Waals surface area contributed by atoms with E-state index >= 15 is 0 Å². The van der Waals surface area contributed by atoms with Crippen molar-refractivity contribution in [2.45, 2.75) is 12.5 Å². The number of rotatable bonds is 5. The molecule has 0 saturated heterocycles. The third-order valence-electron chi connectivity index (χ3n) is 2.19. The summed E-state index contributed by atoms with van der Waals surface area (Å²) >= 11 is 7.97. The first-order chi connectivity index (χ1) is 9.29. The Morgan fingerprint density at radius 2 is 2.05 bits per heavy atom. The lowest BCUT2D eigenvalue weighted by Gasteiger charge is -2.14. The van der Waals surface area contributed by atoms with Crippen molar-refractivity contribution in [3.8, 4) is 0 Å². The minimum atomic E-state index is -1.39. The van der Waals surface area contributed by atoms with Crippen molar-refractivity contribution in [1.29, 1.82) is 0 Å². The van der Waals surface area contributed by atoms with Crippen LogP contribution in [0.3, 0.4) is 0 Å². The first kappa shape index (κ1) is 16.5. The van der Waals surface area contributed by atoms with Gasteiger partial charge in [0.05, 0.1) is 17.1 Å². The van der Waals surface area contributed by atoms with Gasteiger partial charge in [-0.25, -0.2) is 9.59 Å². The summed E-state index contributed by atoms with van der Waals surface area (Å²) in [6, 6.07) is 2.75. The van der Waals surface area contributed by atoms with Crippen LogP contribution >= 0.6 is 34.2 Å². The van der Waals surface area contributed by atoms with E-state index in [9.17, 15) is 14.4 Å². The van der Waals surface area contributed by atoms with Crippen LogP contribution in [0.15, 0.2) is 18.2 Å². The number of carboxylic acid groups (broad SMARTS) is 1. The summed E-state index contributed by atoms with van der Waals surface area (Å²) in [6.07, 6.45) is -0.497. The van der Waals surface area contributed by atoms with Crippen molar-refractivity contribution < 1.29 is 19.5 Å². The molecule has 1 aromatic rings. The quantitative estimate of drug-likeness (QED) is 0.547. The SMILES string of the molecule is NC(=O)C[C@H](NC(=O)Nc1ccc(I)cc1Cl)C(=O)O. The number of hydrogen-bond acceptors (Lipinski definition) is 3. The Labute approximate surface area is 133 Å². The van der Waals surface area contributed by atoms with Gasteiger partial charge in [-0.05, 0) is 40.8 Å². The Kier molecular flexibility index (Phi) is 6.02. The van der Waals surface area contributed by atoms with E-state index in [1.54, 1.807) is 18.2 Å². The van der Waals surface area contributed by atoms with E-state index in [1.807, 2.05) is 0 Å². The number of benzene rings is 1. The average molecular weight is 412 g/mol. The first-order valence-corrected chi connectivity index (χ1v) is 6.79. The van der Waals surface area contributed by atoms with E-state index in [0.717, 1.165) is 3.57 Å². The normalized spacial score (nSPS) is 11.5. The molecular formula is C11H11ClIN3O4. The van der Waals surface area contributed by atoms with Gasteiger partial charge in [0.2, 0.25) is 5.91 Å². The second kappa shape index (κ2) is 7.29. The minimum Gasteiger partial charge on any atom is -0.480 e. The summed E-state index contributed by atoms with van der Waals surface area (Å²) in [5, 5.41) is 13.7. The zero-order valence-electron chi connectivity index (χ0n) is 10.0. The Hall–Kier alpha value is -1.55. The van der Waals surface area contributed by atoms with Gasteiger partial charge >= 0.3 is 12.0 Å². The van der Waals surface area contributed by atoms with Crippen LogP contribution in [0.5, 0.6) is 0 Å². The largest absolute Gasteiger partial charge is 0.480 e. The number of carbonyl (C=O) groups is 3. The smallest absolute Gasteiger partial charge is 0.326 e. The van der Waals surface area contributed by atoms with Gasteiger partial charge in [0.15, 0.2) is 0 Å². The summed E-state index contributed by atoms with van der Waals surface area (Å²) in [5.41, 5.74) is 5.23. The van der Waals surface area contributed by atoms with Crippen LogP contribution in [0.4, 0.5) is 10.5 Å². The number of aliphatic carboxylic acids is 1.